The Morgan fingerprint density at radius 2 is 1.86 bits per heavy atom. The van der Waals surface area contributed by atoms with Crippen LogP contribution in [0.1, 0.15) is 33.1 Å². The van der Waals surface area contributed by atoms with Crippen molar-refractivity contribution < 1.29 is 42.5 Å². The van der Waals surface area contributed by atoms with E-state index in [2.05, 4.69) is 11.9 Å². The first-order chi connectivity index (χ1) is 12.9. The van der Waals surface area contributed by atoms with Gasteiger partial charge in [0, 0.05) is 11.6 Å². The first kappa shape index (κ1) is 25.6. The molecule has 0 saturated heterocycles. The van der Waals surface area contributed by atoms with E-state index in [1.165, 1.54) is 0 Å². The smallest absolute Gasteiger partial charge is 0.478 e. The minimum atomic E-state index is -5.08. The summed E-state index contributed by atoms with van der Waals surface area (Å²) in [6.07, 6.45) is -1.11. The number of nitrogens with two attached hydrogens (primary N) is 1. The third-order valence-corrected chi connectivity index (χ3v) is 3.91. The summed E-state index contributed by atoms with van der Waals surface area (Å²) in [7, 11) is 0. The quantitative estimate of drug-likeness (QED) is 0.468. The molecule has 0 aliphatic heterocycles. The molecule has 0 spiro atoms. The van der Waals surface area contributed by atoms with Gasteiger partial charge in [0.15, 0.2) is 0 Å². The highest BCUT2D eigenvalue weighted by atomic mass is 19.4. The molecule has 8 nitrogen and oxygen atoms in total. The number of rotatable bonds is 7. The van der Waals surface area contributed by atoms with Crippen molar-refractivity contribution in [3.05, 3.63) is 24.3 Å². The number of hydrogen-bond donors (Lipinski definition) is 4. The Labute approximate surface area is 160 Å². The molecule has 1 aliphatic carbocycles. The van der Waals surface area contributed by atoms with E-state index in [0.29, 0.717) is 0 Å². The van der Waals surface area contributed by atoms with Crippen LogP contribution in [0.3, 0.4) is 0 Å². The van der Waals surface area contributed by atoms with Crippen LogP contribution in [-0.4, -0.2) is 58.5 Å². The number of alkyl halides is 3. The molecule has 1 rings (SSSR count). The van der Waals surface area contributed by atoms with Crippen molar-refractivity contribution in [2.75, 3.05) is 0 Å². The third-order valence-electron chi connectivity index (χ3n) is 3.91. The second kappa shape index (κ2) is 11.4. The van der Waals surface area contributed by atoms with Gasteiger partial charge < -0.3 is 26.0 Å². The number of hydrogen-bond acceptors (Lipinski definition) is 5. The van der Waals surface area contributed by atoms with Crippen LogP contribution in [0.5, 0.6) is 0 Å². The maximum atomic E-state index is 11.5. The first-order valence-electron chi connectivity index (χ1n) is 8.45. The molecule has 28 heavy (non-hydrogen) atoms. The van der Waals surface area contributed by atoms with E-state index in [-0.39, 0.29) is 24.0 Å². The van der Waals surface area contributed by atoms with Gasteiger partial charge >= 0.3 is 18.1 Å². The van der Waals surface area contributed by atoms with E-state index in [4.69, 9.17) is 25.5 Å². The second-order valence-electron chi connectivity index (χ2n) is 5.95. The fraction of sp³-hybridized carbons (Fsp3) is 0.588. The summed E-state index contributed by atoms with van der Waals surface area (Å²) in [4.78, 5) is 31.6. The van der Waals surface area contributed by atoms with E-state index in [9.17, 15) is 22.8 Å². The number of carbonyl (C=O) groups is 3. The molecule has 1 aliphatic rings. The Hall–Kier alpha value is -2.40. The van der Waals surface area contributed by atoms with E-state index < -0.39 is 36.3 Å². The Morgan fingerprint density at radius 3 is 2.21 bits per heavy atom. The Bertz CT molecular complexity index is 602. The fourth-order valence-electron chi connectivity index (χ4n) is 2.39. The minimum absolute atomic E-state index is 0.00488. The van der Waals surface area contributed by atoms with Gasteiger partial charge in [0.1, 0.15) is 0 Å². The van der Waals surface area contributed by atoms with Gasteiger partial charge in [-0.15, -0.1) is 0 Å². The average Bonchev–Trinajstić information content (AvgIpc) is 2.61. The zero-order valence-electron chi connectivity index (χ0n) is 15.5. The molecule has 160 valence electrons. The molecule has 0 fully saturated rings. The van der Waals surface area contributed by atoms with Crippen LogP contribution in [0, 0.1) is 0 Å². The van der Waals surface area contributed by atoms with E-state index >= 15 is 0 Å². The van der Waals surface area contributed by atoms with Crippen LogP contribution < -0.4 is 11.1 Å². The molecule has 1 amide bonds. The van der Waals surface area contributed by atoms with Crippen molar-refractivity contribution >= 4 is 17.8 Å². The van der Waals surface area contributed by atoms with Gasteiger partial charge in [0.25, 0.3) is 0 Å². The fourth-order valence-corrected chi connectivity index (χ4v) is 2.39. The van der Waals surface area contributed by atoms with Crippen LogP contribution in [-0.2, 0) is 19.1 Å². The summed E-state index contributed by atoms with van der Waals surface area (Å²) in [5, 5.41) is 19.0. The predicted molar refractivity (Wildman–Crippen MR) is 93.4 cm³/mol. The second-order valence-corrected chi connectivity index (χ2v) is 5.95. The van der Waals surface area contributed by atoms with Gasteiger partial charge in [0.05, 0.1) is 18.2 Å². The number of carboxylic acids is 2. The van der Waals surface area contributed by atoms with Gasteiger partial charge in [-0.2, -0.15) is 13.2 Å². The average molecular weight is 410 g/mol. The number of nitrogens with one attached hydrogen (secondary N) is 1. The molecule has 0 bridgehead atoms. The topological polar surface area (TPSA) is 139 Å². The van der Waals surface area contributed by atoms with Crippen molar-refractivity contribution in [1.29, 1.82) is 0 Å². The standard InChI is InChI=1S/C15H24N2O4.C2HF3O2/c1-4-10(5-2)21-12-8-9(15(19)20)7-11(16)14(12)17-13(18)6-3;3-2(4,5)1(6)7/h6,8,10-12,14H,3-5,7,16H2,1-2H3,(H,17,18)(H,19,20);(H,6,7)/t11-,12+,14+;/m0./s1. The van der Waals surface area contributed by atoms with Crippen LogP contribution >= 0.6 is 0 Å². The van der Waals surface area contributed by atoms with Crippen LogP contribution in [0.4, 0.5) is 13.2 Å². The summed E-state index contributed by atoms with van der Waals surface area (Å²) >= 11 is 0. The SMILES string of the molecule is C=CC(=O)N[C@@H]1[C@@H](N)CC(C(=O)O)=C[C@H]1OC(CC)CC.O=C(O)C(F)(F)F. The third kappa shape index (κ3) is 8.53. The molecular weight excluding hydrogens is 385 g/mol. The summed E-state index contributed by atoms with van der Waals surface area (Å²) in [6.45, 7) is 7.40. The van der Waals surface area contributed by atoms with Gasteiger partial charge in [0.2, 0.25) is 5.91 Å². The molecule has 5 N–H and O–H groups in total. The molecule has 0 aromatic heterocycles. The van der Waals surface area contributed by atoms with Gasteiger partial charge in [-0.25, -0.2) is 9.59 Å². The van der Waals surface area contributed by atoms with Gasteiger partial charge in [-0.05, 0) is 31.4 Å². The largest absolute Gasteiger partial charge is 0.490 e. The normalized spacial score (nSPS) is 21.8. The maximum Gasteiger partial charge on any atom is 0.490 e. The summed E-state index contributed by atoms with van der Waals surface area (Å²) in [5.74, 6) is -4.11. The highest BCUT2D eigenvalue weighted by molar-refractivity contribution is 5.88. The molecule has 0 unspecified atom stereocenters. The summed E-state index contributed by atoms with van der Waals surface area (Å²) in [6, 6.07) is -0.969. The number of carbonyl (C=O) groups excluding carboxylic acids is 1. The Balaban J connectivity index is 0.000000887. The lowest BCUT2D eigenvalue weighted by Gasteiger charge is -2.36. The van der Waals surface area contributed by atoms with Crippen LogP contribution in [0.25, 0.3) is 0 Å². The lowest BCUT2D eigenvalue weighted by atomic mass is 9.88. The lowest BCUT2D eigenvalue weighted by molar-refractivity contribution is -0.192. The molecule has 11 heteroatoms. The van der Waals surface area contributed by atoms with Gasteiger partial charge in [-0.3, -0.25) is 4.79 Å². The highest BCUT2D eigenvalue weighted by Gasteiger charge is 2.38. The Kier molecular flexibility index (Phi) is 10.5. The number of ether oxygens (including phenoxy) is 1. The summed E-state index contributed by atoms with van der Waals surface area (Å²) in [5.41, 5.74) is 6.25. The highest BCUT2D eigenvalue weighted by Crippen LogP contribution is 2.23. The molecule has 0 aromatic rings. The van der Waals surface area contributed by atoms with E-state index in [1.54, 1.807) is 6.08 Å². The number of amides is 1. The molecular formula is C17H25F3N2O6. The minimum Gasteiger partial charge on any atom is -0.478 e. The molecule has 0 saturated carbocycles. The van der Waals surface area contributed by atoms with Crippen LogP contribution in [0.15, 0.2) is 24.3 Å². The van der Waals surface area contributed by atoms with Crippen molar-refractivity contribution in [2.24, 2.45) is 5.73 Å². The van der Waals surface area contributed by atoms with Crippen molar-refractivity contribution in [1.82, 2.24) is 5.32 Å². The molecule has 3 atom stereocenters. The number of carboxylic acid groups (broad SMARTS) is 2. The zero-order chi connectivity index (χ0) is 22.1. The van der Waals surface area contributed by atoms with Gasteiger partial charge in [-0.1, -0.05) is 20.4 Å². The maximum absolute atomic E-state index is 11.5. The monoisotopic (exact) mass is 410 g/mol. The predicted octanol–water partition coefficient (Wildman–Crippen LogP) is 1.61. The number of halogens is 3. The first-order valence-corrected chi connectivity index (χ1v) is 8.45. The molecule has 0 radical (unpaired) electrons. The van der Waals surface area contributed by atoms with Crippen molar-refractivity contribution in [2.45, 2.75) is 63.6 Å². The summed E-state index contributed by atoms with van der Waals surface area (Å²) < 4.78 is 37.7. The van der Waals surface area contributed by atoms with Crippen molar-refractivity contribution in [3.8, 4) is 0 Å². The number of aliphatic carboxylic acids is 2. The van der Waals surface area contributed by atoms with E-state index in [1.807, 2.05) is 13.8 Å². The molecule has 0 heterocycles. The lowest BCUT2D eigenvalue weighted by Crippen LogP contribution is -2.57. The molecule has 0 aromatic carbocycles. The zero-order valence-corrected chi connectivity index (χ0v) is 15.5. The Morgan fingerprint density at radius 1 is 1.36 bits per heavy atom. The van der Waals surface area contributed by atoms with E-state index in [0.717, 1.165) is 18.9 Å². The van der Waals surface area contributed by atoms with Crippen LogP contribution in [0.2, 0.25) is 0 Å². The van der Waals surface area contributed by atoms with Crippen molar-refractivity contribution in [3.63, 3.8) is 0 Å².